The summed E-state index contributed by atoms with van der Waals surface area (Å²) in [4.78, 5) is 49.1. The Morgan fingerprint density at radius 3 is 2.30 bits per heavy atom. The Labute approximate surface area is 242 Å². The van der Waals surface area contributed by atoms with Gasteiger partial charge in [0.25, 0.3) is 5.91 Å². The summed E-state index contributed by atoms with van der Waals surface area (Å²) in [5, 5.41) is 10.6. The number of likely N-dealkylation sites (tertiary alicyclic amines) is 1. The van der Waals surface area contributed by atoms with Gasteiger partial charge >= 0.3 is 0 Å². The number of nitrogens with zero attached hydrogens (tertiary/aromatic N) is 3. The molecule has 4 heterocycles. The van der Waals surface area contributed by atoms with Crippen LogP contribution in [0.15, 0.2) is 42.5 Å². The number of aliphatic hydroxyl groups excluding tert-OH is 1. The molecule has 8 heteroatoms. The van der Waals surface area contributed by atoms with Crippen LogP contribution in [0.2, 0.25) is 0 Å². The molecule has 1 unspecified atom stereocenters. The predicted octanol–water partition coefficient (Wildman–Crippen LogP) is 4.11. The number of aryl methyl sites for hydroxylation is 2. The second-order valence-electron chi connectivity index (χ2n) is 12.5. The molecule has 1 N–H and O–H groups in total. The van der Waals surface area contributed by atoms with Crippen LogP contribution in [0.25, 0.3) is 0 Å². The molecular formula is C32H43N3O4S. The molecule has 2 fully saturated rings. The molecule has 1 aromatic rings. The molecule has 4 aliphatic heterocycles. The summed E-state index contributed by atoms with van der Waals surface area (Å²) in [7, 11) is 0. The van der Waals surface area contributed by atoms with Crippen molar-refractivity contribution >= 4 is 35.2 Å². The zero-order chi connectivity index (χ0) is 29.0. The van der Waals surface area contributed by atoms with Crippen LogP contribution in [0, 0.1) is 31.6 Å². The smallest absolute Gasteiger partial charge is 0.251 e. The summed E-state index contributed by atoms with van der Waals surface area (Å²) in [6.07, 6.45) is 9.63. The molecule has 0 aliphatic carbocycles. The number of hydrogen-bond acceptors (Lipinski definition) is 5. The average molecular weight is 566 g/mol. The van der Waals surface area contributed by atoms with Gasteiger partial charge in [-0.05, 0) is 50.7 Å². The zero-order valence-electron chi connectivity index (χ0n) is 24.6. The Morgan fingerprint density at radius 2 is 1.68 bits per heavy atom. The Hall–Kier alpha value is -2.58. The van der Waals surface area contributed by atoms with Crippen molar-refractivity contribution in [3.05, 3.63) is 53.6 Å². The van der Waals surface area contributed by atoms with Crippen LogP contribution in [-0.4, -0.2) is 80.4 Å². The highest BCUT2D eigenvalue weighted by atomic mass is 32.2. The molecule has 2 saturated heterocycles. The second kappa shape index (κ2) is 10.7. The fourth-order valence-electron chi connectivity index (χ4n) is 7.63. The molecule has 0 saturated carbocycles. The fraction of sp³-hybridized carbons (Fsp3) is 0.594. The molecule has 7 nitrogen and oxygen atoms in total. The van der Waals surface area contributed by atoms with Crippen LogP contribution in [0.5, 0.6) is 0 Å². The van der Waals surface area contributed by atoms with Crippen molar-refractivity contribution in [1.29, 1.82) is 0 Å². The minimum atomic E-state index is -0.918. The third-order valence-corrected chi connectivity index (χ3v) is 10.9. The Kier molecular flexibility index (Phi) is 7.72. The molecule has 216 valence electrons. The van der Waals surface area contributed by atoms with Gasteiger partial charge in [-0.3, -0.25) is 14.4 Å². The van der Waals surface area contributed by atoms with Crippen LogP contribution < -0.4 is 4.90 Å². The summed E-state index contributed by atoms with van der Waals surface area (Å²) in [6.45, 7) is 13.6. The number of thioether (sulfide) groups is 1. The highest BCUT2D eigenvalue weighted by molar-refractivity contribution is 8.02. The number of amides is 3. The first-order valence-electron chi connectivity index (χ1n) is 14.7. The highest BCUT2D eigenvalue weighted by Gasteiger charge is 2.74. The van der Waals surface area contributed by atoms with Crippen LogP contribution in [-0.2, 0) is 14.4 Å². The largest absolute Gasteiger partial charge is 0.394 e. The molecule has 1 spiro atoms. The molecule has 3 amide bonds. The molecule has 0 bridgehead atoms. The van der Waals surface area contributed by atoms with Crippen LogP contribution in [0.1, 0.15) is 51.7 Å². The number of aliphatic hydroxyl groups is 1. The van der Waals surface area contributed by atoms with Crippen molar-refractivity contribution in [2.45, 2.75) is 76.0 Å². The van der Waals surface area contributed by atoms with Crippen LogP contribution in [0.4, 0.5) is 5.69 Å². The van der Waals surface area contributed by atoms with Crippen molar-refractivity contribution in [2.75, 3.05) is 31.1 Å². The quantitative estimate of drug-likeness (QED) is 0.504. The first-order chi connectivity index (χ1) is 19.0. The van der Waals surface area contributed by atoms with Crippen molar-refractivity contribution in [3.63, 3.8) is 0 Å². The van der Waals surface area contributed by atoms with Gasteiger partial charge in [-0.2, -0.15) is 0 Å². The Balaban J connectivity index is 1.69. The first-order valence-corrected chi connectivity index (χ1v) is 15.5. The Bertz CT molecular complexity index is 1240. The monoisotopic (exact) mass is 565 g/mol. The van der Waals surface area contributed by atoms with E-state index in [9.17, 15) is 19.5 Å². The number of para-hydroxylation sites is 1. The number of anilines is 1. The van der Waals surface area contributed by atoms with Gasteiger partial charge in [0.05, 0.1) is 29.2 Å². The SMILES string of the molecule is CCCN1CC=C[C@]2(C)S[C@]34C=CCN(c5c(C)cccc5C)C(=O)C3N([C@@H](CO)CC(C)C)C(=O)[C@@H]4[C@@H]2C1=O. The maximum atomic E-state index is 14.8. The lowest BCUT2D eigenvalue weighted by Gasteiger charge is -2.40. The maximum Gasteiger partial charge on any atom is 0.251 e. The lowest BCUT2D eigenvalue weighted by Crippen LogP contribution is -2.57. The van der Waals surface area contributed by atoms with Gasteiger partial charge in [-0.15, -0.1) is 11.8 Å². The van der Waals surface area contributed by atoms with Gasteiger partial charge in [-0.1, -0.05) is 63.3 Å². The number of rotatable bonds is 7. The standard InChI is InChI=1S/C32H43N3O4S/c1-7-15-33-16-9-13-31(6)24(28(33)37)25-29(38)35(23(19-36)18-20(2)3)27-30(39)34(17-10-14-32(25,27)40-31)26-21(4)11-8-12-22(26)5/h8-14,20,23-25,27,36H,7,15-19H2,1-6H3/t23-,24-,25+,27?,31+,32+/m1/s1. The number of benzene rings is 1. The maximum absolute atomic E-state index is 14.8. The van der Waals surface area contributed by atoms with E-state index in [0.717, 1.165) is 23.2 Å². The highest BCUT2D eigenvalue weighted by Crippen LogP contribution is 2.66. The molecule has 5 rings (SSSR count). The summed E-state index contributed by atoms with van der Waals surface area (Å²) in [6, 6.07) is 4.66. The lowest BCUT2D eigenvalue weighted by atomic mass is 9.74. The normalized spacial score (nSPS) is 32.4. The minimum Gasteiger partial charge on any atom is -0.394 e. The van der Waals surface area contributed by atoms with E-state index in [1.807, 2.05) is 47.9 Å². The third kappa shape index (κ3) is 4.33. The molecule has 40 heavy (non-hydrogen) atoms. The molecule has 6 atom stereocenters. The minimum absolute atomic E-state index is 0.0150. The van der Waals surface area contributed by atoms with Crippen molar-refractivity contribution < 1.29 is 19.5 Å². The molecule has 4 aliphatic rings. The molecule has 0 aromatic heterocycles. The van der Waals surface area contributed by atoms with Crippen molar-refractivity contribution in [2.24, 2.45) is 17.8 Å². The second-order valence-corrected chi connectivity index (χ2v) is 14.3. The van der Waals surface area contributed by atoms with Gasteiger partial charge in [0, 0.05) is 30.1 Å². The summed E-state index contributed by atoms with van der Waals surface area (Å²) < 4.78 is -1.55. The van der Waals surface area contributed by atoms with E-state index < -0.39 is 33.4 Å². The van der Waals surface area contributed by atoms with Gasteiger partial charge in [-0.25, -0.2) is 0 Å². The topological polar surface area (TPSA) is 81.2 Å². The van der Waals surface area contributed by atoms with E-state index in [-0.39, 0.29) is 30.2 Å². The molecule has 0 radical (unpaired) electrons. The third-order valence-electron chi connectivity index (χ3n) is 9.13. The van der Waals surface area contributed by atoms with E-state index in [2.05, 4.69) is 45.9 Å². The molecule has 1 aromatic carbocycles. The van der Waals surface area contributed by atoms with E-state index in [1.165, 1.54) is 0 Å². The lowest BCUT2D eigenvalue weighted by molar-refractivity contribution is -0.145. The van der Waals surface area contributed by atoms with E-state index in [4.69, 9.17) is 0 Å². The zero-order valence-corrected chi connectivity index (χ0v) is 25.4. The van der Waals surface area contributed by atoms with Gasteiger partial charge in [0.15, 0.2) is 0 Å². The average Bonchev–Trinajstić information content (AvgIpc) is 3.17. The first kappa shape index (κ1) is 28.9. The van der Waals surface area contributed by atoms with Crippen LogP contribution >= 0.6 is 11.8 Å². The van der Waals surface area contributed by atoms with E-state index in [0.29, 0.717) is 26.1 Å². The fourth-order valence-corrected chi connectivity index (χ4v) is 9.77. The summed E-state index contributed by atoms with van der Waals surface area (Å²) in [5.41, 5.74) is 2.86. The Morgan fingerprint density at radius 1 is 1.00 bits per heavy atom. The number of carbonyl (C=O) groups is 3. The predicted molar refractivity (Wildman–Crippen MR) is 160 cm³/mol. The summed E-state index contributed by atoms with van der Waals surface area (Å²) >= 11 is 1.60. The van der Waals surface area contributed by atoms with E-state index >= 15 is 0 Å². The molecular weight excluding hydrogens is 522 g/mol. The van der Waals surface area contributed by atoms with Gasteiger partial charge in [0.2, 0.25) is 11.8 Å². The number of hydrogen-bond donors (Lipinski definition) is 1. The van der Waals surface area contributed by atoms with Crippen molar-refractivity contribution in [1.82, 2.24) is 9.80 Å². The number of fused-ring (bicyclic) bond motifs is 2. The number of carbonyl (C=O) groups excluding carboxylic acids is 3. The van der Waals surface area contributed by atoms with Gasteiger partial charge < -0.3 is 19.8 Å². The van der Waals surface area contributed by atoms with Crippen molar-refractivity contribution in [3.8, 4) is 0 Å². The van der Waals surface area contributed by atoms with Gasteiger partial charge in [0.1, 0.15) is 6.04 Å². The van der Waals surface area contributed by atoms with Crippen LogP contribution in [0.3, 0.4) is 0 Å². The van der Waals surface area contributed by atoms with E-state index in [1.54, 1.807) is 16.7 Å². The summed E-state index contributed by atoms with van der Waals surface area (Å²) in [5.74, 6) is -1.42.